The molecule has 0 bridgehead atoms. The molecule has 0 fully saturated rings. The number of amides is 2. The number of nitrogens with zero attached hydrogens (tertiary/aromatic N) is 2. The SMILES string of the molecule is CCCCNC(=O)[C@H](C)N(Cc1ccccc1)C(=O)CN(c1ccccc1OC)S(=O)(=O)c1ccc(C)cc1. The summed E-state index contributed by atoms with van der Waals surface area (Å²) in [5.74, 6) is -0.502. The number of hydrogen-bond donors (Lipinski definition) is 1. The van der Waals surface area contributed by atoms with Gasteiger partial charge in [-0.1, -0.05) is 73.5 Å². The van der Waals surface area contributed by atoms with Crippen molar-refractivity contribution in [2.24, 2.45) is 0 Å². The number of hydrogen-bond acceptors (Lipinski definition) is 5. The Morgan fingerprint density at radius 2 is 1.59 bits per heavy atom. The Morgan fingerprint density at radius 3 is 2.23 bits per heavy atom. The van der Waals surface area contributed by atoms with Gasteiger partial charge in [-0.05, 0) is 50.1 Å². The van der Waals surface area contributed by atoms with Crippen LogP contribution in [0, 0.1) is 6.92 Å². The number of methoxy groups -OCH3 is 1. The third-order valence-corrected chi connectivity index (χ3v) is 8.21. The van der Waals surface area contributed by atoms with Crippen LogP contribution in [0.1, 0.15) is 37.8 Å². The lowest BCUT2D eigenvalue weighted by molar-refractivity contribution is -0.139. The lowest BCUT2D eigenvalue weighted by Crippen LogP contribution is -2.51. The molecule has 3 aromatic carbocycles. The summed E-state index contributed by atoms with van der Waals surface area (Å²) in [4.78, 5) is 28.4. The molecule has 0 aromatic heterocycles. The first-order valence-corrected chi connectivity index (χ1v) is 14.5. The number of nitrogens with one attached hydrogen (secondary N) is 1. The number of anilines is 1. The molecule has 2 amide bonds. The maximum Gasteiger partial charge on any atom is 0.264 e. The molecule has 8 nitrogen and oxygen atoms in total. The first-order chi connectivity index (χ1) is 18.7. The van der Waals surface area contributed by atoms with Crippen LogP contribution in [0.25, 0.3) is 0 Å². The van der Waals surface area contributed by atoms with Crippen LogP contribution in [0.3, 0.4) is 0 Å². The van der Waals surface area contributed by atoms with E-state index in [2.05, 4.69) is 5.32 Å². The fourth-order valence-corrected chi connectivity index (χ4v) is 5.51. The van der Waals surface area contributed by atoms with Gasteiger partial charge in [-0.15, -0.1) is 0 Å². The van der Waals surface area contributed by atoms with Crippen LogP contribution in [-0.2, 0) is 26.2 Å². The Bertz CT molecular complexity index is 1340. The number of carbonyl (C=O) groups excluding carboxylic acids is 2. The quantitative estimate of drug-likeness (QED) is 0.315. The van der Waals surface area contributed by atoms with Crippen molar-refractivity contribution in [1.82, 2.24) is 10.2 Å². The van der Waals surface area contributed by atoms with Crippen LogP contribution in [0.4, 0.5) is 5.69 Å². The fourth-order valence-electron chi connectivity index (χ4n) is 4.09. The highest BCUT2D eigenvalue weighted by molar-refractivity contribution is 7.92. The predicted molar refractivity (Wildman–Crippen MR) is 153 cm³/mol. The zero-order chi connectivity index (χ0) is 28.4. The highest BCUT2D eigenvalue weighted by atomic mass is 32.2. The van der Waals surface area contributed by atoms with E-state index >= 15 is 0 Å². The molecule has 0 radical (unpaired) electrons. The lowest BCUT2D eigenvalue weighted by atomic mass is 10.1. The second-order valence-corrected chi connectivity index (χ2v) is 11.2. The van der Waals surface area contributed by atoms with Crippen LogP contribution < -0.4 is 14.4 Å². The van der Waals surface area contributed by atoms with E-state index in [1.54, 1.807) is 43.3 Å². The minimum Gasteiger partial charge on any atom is -0.495 e. The Kier molecular flexibility index (Phi) is 10.5. The third-order valence-electron chi connectivity index (χ3n) is 6.43. The van der Waals surface area contributed by atoms with Crippen molar-refractivity contribution in [3.63, 3.8) is 0 Å². The third kappa shape index (κ3) is 7.60. The largest absolute Gasteiger partial charge is 0.495 e. The van der Waals surface area contributed by atoms with E-state index in [0.717, 1.165) is 28.3 Å². The molecule has 0 heterocycles. The standard InChI is InChI=1S/C30H37N3O5S/c1-5-6-20-31-30(35)24(3)32(21-25-12-8-7-9-13-25)29(34)22-33(27-14-10-11-15-28(27)38-4)39(36,37)26-18-16-23(2)17-19-26/h7-19,24H,5-6,20-22H2,1-4H3,(H,31,35)/t24-/m0/s1. The van der Waals surface area contributed by atoms with Crippen LogP contribution in [-0.4, -0.2) is 51.4 Å². The molecular formula is C30H37N3O5S. The smallest absolute Gasteiger partial charge is 0.264 e. The highest BCUT2D eigenvalue weighted by Crippen LogP contribution is 2.32. The zero-order valence-electron chi connectivity index (χ0n) is 23.0. The van der Waals surface area contributed by atoms with Gasteiger partial charge in [-0.25, -0.2) is 8.42 Å². The van der Waals surface area contributed by atoms with Crippen molar-refractivity contribution < 1.29 is 22.7 Å². The Labute approximate surface area is 231 Å². The molecule has 3 aromatic rings. The number of sulfonamides is 1. The molecular weight excluding hydrogens is 514 g/mol. The van der Waals surface area contributed by atoms with Gasteiger partial charge < -0.3 is 15.0 Å². The maximum atomic E-state index is 13.9. The summed E-state index contributed by atoms with van der Waals surface area (Å²) >= 11 is 0. The molecule has 9 heteroatoms. The molecule has 208 valence electrons. The molecule has 0 spiro atoms. The number of rotatable bonds is 13. The molecule has 0 aliphatic carbocycles. The molecule has 0 saturated carbocycles. The molecule has 0 saturated heterocycles. The van der Waals surface area contributed by atoms with Gasteiger partial charge in [0.15, 0.2) is 0 Å². The second kappa shape index (κ2) is 13.8. The predicted octanol–water partition coefficient (Wildman–Crippen LogP) is 4.53. The van der Waals surface area contributed by atoms with Crippen LogP contribution in [0.2, 0.25) is 0 Å². The average molecular weight is 552 g/mol. The number of ether oxygens (including phenoxy) is 1. The van der Waals surface area contributed by atoms with Crippen LogP contribution >= 0.6 is 0 Å². The van der Waals surface area contributed by atoms with Crippen molar-refractivity contribution in [2.45, 2.75) is 51.1 Å². The van der Waals surface area contributed by atoms with Gasteiger partial charge >= 0.3 is 0 Å². The monoisotopic (exact) mass is 551 g/mol. The summed E-state index contributed by atoms with van der Waals surface area (Å²) in [5, 5.41) is 2.88. The van der Waals surface area contributed by atoms with Crippen molar-refractivity contribution >= 4 is 27.5 Å². The first-order valence-electron chi connectivity index (χ1n) is 13.0. The Hall–Kier alpha value is -3.85. The van der Waals surface area contributed by atoms with Crippen LogP contribution in [0.5, 0.6) is 5.75 Å². The molecule has 1 atom stereocenters. The van der Waals surface area contributed by atoms with Gasteiger partial charge in [0.25, 0.3) is 10.0 Å². The van der Waals surface area contributed by atoms with Crippen molar-refractivity contribution in [2.75, 3.05) is 24.5 Å². The minimum absolute atomic E-state index is 0.0479. The number of benzene rings is 3. The molecule has 3 rings (SSSR count). The Balaban J connectivity index is 2.02. The van der Waals surface area contributed by atoms with Gasteiger partial charge in [0.2, 0.25) is 11.8 Å². The number of unbranched alkanes of at least 4 members (excludes halogenated alkanes) is 1. The van der Waals surface area contributed by atoms with Crippen molar-refractivity contribution in [1.29, 1.82) is 0 Å². The summed E-state index contributed by atoms with van der Waals surface area (Å²) in [6.45, 7) is 5.68. The van der Waals surface area contributed by atoms with Gasteiger partial charge in [0.05, 0.1) is 17.7 Å². The topological polar surface area (TPSA) is 96.0 Å². The van der Waals surface area contributed by atoms with Crippen molar-refractivity contribution in [3.05, 3.63) is 90.0 Å². The van der Waals surface area contributed by atoms with Gasteiger partial charge in [0, 0.05) is 13.1 Å². The van der Waals surface area contributed by atoms with E-state index in [1.807, 2.05) is 44.2 Å². The zero-order valence-corrected chi connectivity index (χ0v) is 23.8. The van der Waals surface area contributed by atoms with E-state index < -0.39 is 28.5 Å². The van der Waals surface area contributed by atoms with Crippen LogP contribution in [0.15, 0.2) is 83.8 Å². The normalized spacial score (nSPS) is 11.9. The Morgan fingerprint density at radius 1 is 0.949 bits per heavy atom. The van der Waals surface area contributed by atoms with E-state index in [0.29, 0.717) is 12.3 Å². The van der Waals surface area contributed by atoms with Gasteiger partial charge in [0.1, 0.15) is 18.3 Å². The summed E-state index contributed by atoms with van der Waals surface area (Å²) in [5.41, 5.74) is 1.96. The van der Waals surface area contributed by atoms with E-state index in [-0.39, 0.29) is 23.0 Å². The molecule has 0 aliphatic heterocycles. The number of para-hydroxylation sites is 2. The lowest BCUT2D eigenvalue weighted by Gasteiger charge is -2.32. The fraction of sp³-hybridized carbons (Fsp3) is 0.333. The first kappa shape index (κ1) is 29.7. The number of aryl methyl sites for hydroxylation is 1. The van der Waals surface area contributed by atoms with E-state index in [4.69, 9.17) is 4.74 Å². The van der Waals surface area contributed by atoms with E-state index in [1.165, 1.54) is 24.1 Å². The van der Waals surface area contributed by atoms with E-state index in [9.17, 15) is 18.0 Å². The maximum absolute atomic E-state index is 13.9. The number of carbonyl (C=O) groups is 2. The average Bonchev–Trinajstić information content (AvgIpc) is 2.95. The minimum atomic E-state index is -4.16. The van der Waals surface area contributed by atoms with Gasteiger partial charge in [-0.3, -0.25) is 13.9 Å². The van der Waals surface area contributed by atoms with Crippen molar-refractivity contribution in [3.8, 4) is 5.75 Å². The molecule has 1 N–H and O–H groups in total. The second-order valence-electron chi connectivity index (χ2n) is 9.32. The highest BCUT2D eigenvalue weighted by Gasteiger charge is 2.33. The molecule has 0 unspecified atom stereocenters. The summed E-state index contributed by atoms with van der Waals surface area (Å²) in [7, 11) is -2.72. The summed E-state index contributed by atoms with van der Waals surface area (Å²) < 4.78 is 34.4. The molecule has 0 aliphatic rings. The van der Waals surface area contributed by atoms with Gasteiger partial charge in [-0.2, -0.15) is 0 Å². The molecule has 39 heavy (non-hydrogen) atoms. The summed E-state index contributed by atoms with van der Waals surface area (Å²) in [6, 6.07) is 21.6. The summed E-state index contributed by atoms with van der Waals surface area (Å²) in [6.07, 6.45) is 1.74.